The molecule has 2 aromatic rings. The molecule has 1 atom stereocenters. The number of carbonyl (C=O) groups is 1. The molecular weight excluding hydrogens is 430 g/mol. The zero-order valence-corrected chi connectivity index (χ0v) is 21.1. The van der Waals surface area contributed by atoms with E-state index in [9.17, 15) is 4.79 Å². The SMILES string of the molecule is CCN(C(=O)C(C)Sc1nnc(CN2CCCCC2)n1Cc1ccccc1)C1CCCCC1. The van der Waals surface area contributed by atoms with Crippen molar-refractivity contribution in [3.05, 3.63) is 41.7 Å². The molecule has 1 aliphatic heterocycles. The van der Waals surface area contributed by atoms with Crippen LogP contribution in [0, 0.1) is 0 Å². The predicted molar refractivity (Wildman–Crippen MR) is 134 cm³/mol. The number of rotatable bonds is 9. The summed E-state index contributed by atoms with van der Waals surface area (Å²) >= 11 is 1.57. The Hall–Kier alpha value is -1.86. The maximum absolute atomic E-state index is 13.4. The van der Waals surface area contributed by atoms with Crippen LogP contribution in [-0.4, -0.2) is 61.4 Å². The summed E-state index contributed by atoms with van der Waals surface area (Å²) in [6.45, 7) is 8.74. The number of aromatic nitrogens is 3. The summed E-state index contributed by atoms with van der Waals surface area (Å²) in [6.07, 6.45) is 9.89. The van der Waals surface area contributed by atoms with Crippen LogP contribution in [0.5, 0.6) is 0 Å². The van der Waals surface area contributed by atoms with E-state index in [0.29, 0.717) is 6.04 Å². The molecule has 180 valence electrons. The maximum atomic E-state index is 13.4. The van der Waals surface area contributed by atoms with E-state index in [1.165, 1.54) is 44.1 Å². The molecule has 1 unspecified atom stereocenters. The second kappa shape index (κ2) is 12.0. The number of thioether (sulfide) groups is 1. The fourth-order valence-electron chi connectivity index (χ4n) is 5.19. The number of hydrogen-bond donors (Lipinski definition) is 0. The first-order valence-corrected chi connectivity index (χ1v) is 13.7. The number of hydrogen-bond acceptors (Lipinski definition) is 5. The number of amides is 1. The van der Waals surface area contributed by atoms with Gasteiger partial charge >= 0.3 is 0 Å². The first kappa shape index (κ1) is 24.3. The highest BCUT2D eigenvalue weighted by Gasteiger charge is 2.29. The standard InChI is InChI=1S/C26H39N5OS/c1-3-30(23-15-9-5-10-16-23)25(32)21(2)33-26-28-27-24(20-29-17-11-6-12-18-29)31(26)19-22-13-7-4-8-14-22/h4,7-8,13-14,21,23H,3,5-6,9-12,15-20H2,1-2H3. The van der Waals surface area contributed by atoms with Crippen LogP contribution in [0.1, 0.15) is 76.6 Å². The summed E-state index contributed by atoms with van der Waals surface area (Å²) < 4.78 is 2.23. The molecule has 1 amide bonds. The summed E-state index contributed by atoms with van der Waals surface area (Å²) in [5.74, 6) is 1.24. The molecule has 1 saturated carbocycles. The number of likely N-dealkylation sites (tertiary alicyclic amines) is 1. The summed E-state index contributed by atoms with van der Waals surface area (Å²) in [4.78, 5) is 18.0. The van der Waals surface area contributed by atoms with Crippen molar-refractivity contribution in [2.45, 2.75) is 94.8 Å². The molecule has 1 aromatic heterocycles. The van der Waals surface area contributed by atoms with Crippen LogP contribution < -0.4 is 0 Å². The van der Waals surface area contributed by atoms with Crippen LogP contribution in [0.3, 0.4) is 0 Å². The zero-order valence-electron chi connectivity index (χ0n) is 20.3. The number of piperidine rings is 1. The minimum absolute atomic E-state index is 0.173. The Balaban J connectivity index is 1.50. The summed E-state index contributed by atoms with van der Waals surface area (Å²) in [6, 6.07) is 10.9. The molecule has 6 nitrogen and oxygen atoms in total. The molecule has 2 aliphatic rings. The van der Waals surface area contributed by atoms with Gasteiger partial charge in [-0.2, -0.15) is 0 Å². The Bertz CT molecular complexity index is 874. The lowest BCUT2D eigenvalue weighted by molar-refractivity contribution is -0.133. The van der Waals surface area contributed by atoms with Gasteiger partial charge < -0.3 is 9.47 Å². The molecule has 7 heteroatoms. The van der Waals surface area contributed by atoms with Gasteiger partial charge in [-0.1, -0.05) is 67.8 Å². The van der Waals surface area contributed by atoms with E-state index in [2.05, 4.69) is 55.8 Å². The monoisotopic (exact) mass is 469 g/mol. The van der Waals surface area contributed by atoms with E-state index < -0.39 is 0 Å². The Morgan fingerprint density at radius 2 is 1.73 bits per heavy atom. The minimum atomic E-state index is -0.173. The Morgan fingerprint density at radius 1 is 1.03 bits per heavy atom. The summed E-state index contributed by atoms with van der Waals surface area (Å²) in [5, 5.41) is 9.86. The van der Waals surface area contributed by atoms with Gasteiger partial charge in [0.25, 0.3) is 0 Å². The quantitative estimate of drug-likeness (QED) is 0.485. The fourth-order valence-corrected chi connectivity index (χ4v) is 6.13. The third-order valence-electron chi connectivity index (χ3n) is 7.06. The minimum Gasteiger partial charge on any atom is -0.339 e. The second-order valence-corrected chi connectivity index (χ2v) is 10.8. The highest BCUT2D eigenvalue weighted by molar-refractivity contribution is 8.00. The van der Waals surface area contributed by atoms with E-state index >= 15 is 0 Å². The Kier molecular flexibility index (Phi) is 8.84. The van der Waals surface area contributed by atoms with Gasteiger partial charge in [0.15, 0.2) is 5.16 Å². The van der Waals surface area contributed by atoms with E-state index in [1.54, 1.807) is 11.8 Å². The third kappa shape index (κ3) is 6.38. The van der Waals surface area contributed by atoms with Crippen molar-refractivity contribution in [1.29, 1.82) is 0 Å². The predicted octanol–water partition coefficient (Wildman–Crippen LogP) is 4.97. The molecule has 33 heavy (non-hydrogen) atoms. The third-order valence-corrected chi connectivity index (χ3v) is 8.13. The molecule has 0 radical (unpaired) electrons. The number of benzene rings is 1. The van der Waals surface area contributed by atoms with E-state index in [4.69, 9.17) is 0 Å². The van der Waals surface area contributed by atoms with E-state index in [-0.39, 0.29) is 11.2 Å². The van der Waals surface area contributed by atoms with E-state index in [0.717, 1.165) is 56.5 Å². The summed E-state index contributed by atoms with van der Waals surface area (Å²) in [7, 11) is 0. The van der Waals surface area contributed by atoms with Crippen molar-refractivity contribution in [1.82, 2.24) is 24.6 Å². The van der Waals surface area contributed by atoms with Gasteiger partial charge in [0, 0.05) is 12.6 Å². The molecule has 0 bridgehead atoms. The average molecular weight is 470 g/mol. The van der Waals surface area contributed by atoms with Gasteiger partial charge in [-0.3, -0.25) is 9.69 Å². The maximum Gasteiger partial charge on any atom is 0.236 e. The smallest absolute Gasteiger partial charge is 0.236 e. The lowest BCUT2D eigenvalue weighted by Gasteiger charge is -2.35. The molecular formula is C26H39N5OS. The van der Waals surface area contributed by atoms with Crippen molar-refractivity contribution < 1.29 is 4.79 Å². The molecule has 1 saturated heterocycles. The van der Waals surface area contributed by atoms with Crippen LogP contribution in [0.2, 0.25) is 0 Å². The highest BCUT2D eigenvalue weighted by Crippen LogP contribution is 2.29. The largest absolute Gasteiger partial charge is 0.339 e. The van der Waals surface area contributed by atoms with Crippen molar-refractivity contribution in [2.75, 3.05) is 19.6 Å². The first-order chi connectivity index (χ1) is 16.2. The number of nitrogens with zero attached hydrogens (tertiary/aromatic N) is 5. The Morgan fingerprint density at radius 3 is 2.42 bits per heavy atom. The first-order valence-electron chi connectivity index (χ1n) is 12.8. The molecule has 0 N–H and O–H groups in total. The van der Waals surface area contributed by atoms with Crippen LogP contribution in [0.25, 0.3) is 0 Å². The molecule has 2 fully saturated rings. The topological polar surface area (TPSA) is 54.3 Å². The number of carbonyl (C=O) groups excluding carboxylic acids is 1. The molecule has 4 rings (SSSR count). The molecule has 1 aromatic carbocycles. The lowest BCUT2D eigenvalue weighted by Crippen LogP contribution is -2.44. The summed E-state index contributed by atoms with van der Waals surface area (Å²) in [5.41, 5.74) is 1.23. The van der Waals surface area contributed by atoms with Crippen LogP contribution in [0.4, 0.5) is 0 Å². The lowest BCUT2D eigenvalue weighted by atomic mass is 9.94. The highest BCUT2D eigenvalue weighted by atomic mass is 32.2. The van der Waals surface area contributed by atoms with Crippen molar-refractivity contribution in [2.24, 2.45) is 0 Å². The van der Waals surface area contributed by atoms with E-state index in [1.807, 2.05) is 13.0 Å². The van der Waals surface area contributed by atoms with Crippen LogP contribution in [-0.2, 0) is 17.9 Å². The Labute approximate surface area is 203 Å². The second-order valence-electron chi connectivity index (χ2n) is 9.48. The molecule has 0 spiro atoms. The average Bonchev–Trinajstić information content (AvgIpc) is 3.22. The normalized spacial score (nSPS) is 18.8. The van der Waals surface area contributed by atoms with Crippen molar-refractivity contribution in [3.8, 4) is 0 Å². The molecule has 1 aliphatic carbocycles. The fraction of sp³-hybridized carbons (Fsp3) is 0.654. The van der Waals surface area contributed by atoms with Gasteiger partial charge in [-0.25, -0.2) is 0 Å². The van der Waals surface area contributed by atoms with Crippen LogP contribution in [0.15, 0.2) is 35.5 Å². The van der Waals surface area contributed by atoms with Gasteiger partial charge in [0.1, 0.15) is 5.82 Å². The van der Waals surface area contributed by atoms with Gasteiger partial charge in [-0.15, -0.1) is 10.2 Å². The van der Waals surface area contributed by atoms with Gasteiger partial charge in [-0.05, 0) is 58.2 Å². The zero-order chi connectivity index (χ0) is 23.0. The van der Waals surface area contributed by atoms with Gasteiger partial charge in [0.05, 0.1) is 18.3 Å². The van der Waals surface area contributed by atoms with Crippen molar-refractivity contribution in [3.63, 3.8) is 0 Å². The molecule has 2 heterocycles. The van der Waals surface area contributed by atoms with Crippen LogP contribution >= 0.6 is 11.8 Å². The van der Waals surface area contributed by atoms with Gasteiger partial charge in [0.2, 0.25) is 5.91 Å². The van der Waals surface area contributed by atoms with Crippen molar-refractivity contribution >= 4 is 17.7 Å².